The number of benzene rings is 2. The van der Waals surface area contributed by atoms with Crippen molar-refractivity contribution in [3.05, 3.63) is 41.7 Å². The molecule has 0 N–H and O–H groups in total. The molecule has 4 atom stereocenters. The highest BCUT2D eigenvalue weighted by molar-refractivity contribution is 5.85. The molecule has 2 aromatic rings. The summed E-state index contributed by atoms with van der Waals surface area (Å²) in [5.41, 5.74) is 1.06. The number of alkyl halides is 2. The first-order valence-corrected chi connectivity index (χ1v) is 11.7. The van der Waals surface area contributed by atoms with Crippen LogP contribution >= 0.6 is 0 Å². The highest BCUT2D eigenvalue weighted by Gasteiger charge is 2.36. The molecule has 0 saturated heterocycles. The molecule has 2 aromatic carbocycles. The Bertz CT molecular complexity index is 850. The number of unbranched alkanes of at least 4 members (excludes halogenated alkanes) is 2. The zero-order chi connectivity index (χ0) is 21.1. The van der Waals surface area contributed by atoms with Gasteiger partial charge in [-0.15, -0.1) is 0 Å². The molecule has 0 heterocycles. The van der Waals surface area contributed by atoms with Crippen molar-refractivity contribution in [2.45, 2.75) is 83.7 Å². The van der Waals surface area contributed by atoms with E-state index in [4.69, 9.17) is 0 Å². The van der Waals surface area contributed by atoms with Gasteiger partial charge in [0, 0.05) is 5.39 Å². The highest BCUT2D eigenvalue weighted by atomic mass is 19.3. The maximum atomic E-state index is 14.8. The van der Waals surface area contributed by atoms with Gasteiger partial charge in [0.15, 0.2) is 0 Å². The SMILES string of the molecule is CCCCCC1CCC2CC(c3cc(F)c4cc(OC(F)F)ccc4c3)CCC2C1. The van der Waals surface area contributed by atoms with Gasteiger partial charge in [0.25, 0.3) is 0 Å². The lowest BCUT2D eigenvalue weighted by Gasteiger charge is -2.42. The van der Waals surface area contributed by atoms with Crippen molar-refractivity contribution in [1.29, 1.82) is 0 Å². The Hall–Kier alpha value is -1.71. The van der Waals surface area contributed by atoms with Crippen LogP contribution in [0.1, 0.15) is 82.6 Å². The second kappa shape index (κ2) is 9.62. The van der Waals surface area contributed by atoms with Crippen LogP contribution in [0.25, 0.3) is 10.8 Å². The molecule has 30 heavy (non-hydrogen) atoms. The van der Waals surface area contributed by atoms with E-state index in [0.29, 0.717) is 11.3 Å². The van der Waals surface area contributed by atoms with Crippen molar-refractivity contribution in [3.8, 4) is 5.75 Å². The van der Waals surface area contributed by atoms with Crippen LogP contribution in [0.4, 0.5) is 13.2 Å². The summed E-state index contributed by atoms with van der Waals surface area (Å²) in [6.07, 6.45) is 13.0. The number of rotatable bonds is 7. The molecule has 2 aliphatic rings. The third kappa shape index (κ3) is 4.95. The van der Waals surface area contributed by atoms with E-state index >= 15 is 0 Å². The van der Waals surface area contributed by atoms with Crippen LogP contribution in [-0.4, -0.2) is 6.61 Å². The molecule has 0 amide bonds. The topological polar surface area (TPSA) is 9.23 Å². The van der Waals surface area contributed by atoms with Gasteiger partial charge in [-0.25, -0.2) is 4.39 Å². The minimum Gasteiger partial charge on any atom is -0.435 e. The summed E-state index contributed by atoms with van der Waals surface area (Å²) in [7, 11) is 0. The third-order valence-corrected chi connectivity index (χ3v) is 7.53. The van der Waals surface area contributed by atoms with Gasteiger partial charge in [-0.1, -0.05) is 51.2 Å². The van der Waals surface area contributed by atoms with E-state index in [0.717, 1.165) is 41.5 Å². The Morgan fingerprint density at radius 1 is 0.967 bits per heavy atom. The lowest BCUT2D eigenvalue weighted by molar-refractivity contribution is -0.0497. The first kappa shape index (κ1) is 21.5. The molecule has 2 saturated carbocycles. The summed E-state index contributed by atoms with van der Waals surface area (Å²) in [4.78, 5) is 0. The molecule has 4 rings (SSSR count). The monoisotopic (exact) mass is 418 g/mol. The lowest BCUT2D eigenvalue weighted by atomic mass is 9.63. The van der Waals surface area contributed by atoms with Crippen molar-refractivity contribution >= 4 is 10.8 Å². The van der Waals surface area contributed by atoms with Crippen LogP contribution in [0.2, 0.25) is 0 Å². The second-order valence-electron chi connectivity index (χ2n) is 9.47. The smallest absolute Gasteiger partial charge is 0.387 e. The van der Waals surface area contributed by atoms with Crippen molar-refractivity contribution in [3.63, 3.8) is 0 Å². The van der Waals surface area contributed by atoms with Gasteiger partial charge in [0.2, 0.25) is 0 Å². The zero-order valence-corrected chi connectivity index (χ0v) is 17.9. The first-order chi connectivity index (χ1) is 14.5. The van der Waals surface area contributed by atoms with E-state index in [9.17, 15) is 13.2 Å². The zero-order valence-electron chi connectivity index (χ0n) is 17.9. The van der Waals surface area contributed by atoms with Crippen LogP contribution in [0.3, 0.4) is 0 Å². The molecular weight excluding hydrogens is 385 g/mol. The number of hydrogen-bond acceptors (Lipinski definition) is 1. The average Bonchev–Trinajstić information content (AvgIpc) is 2.73. The van der Waals surface area contributed by atoms with Gasteiger partial charge in [-0.3, -0.25) is 0 Å². The number of ether oxygens (including phenoxy) is 1. The summed E-state index contributed by atoms with van der Waals surface area (Å²) in [5.74, 6) is 2.59. The Kier molecular flexibility index (Phi) is 6.90. The molecule has 0 radical (unpaired) electrons. The fourth-order valence-electron chi connectivity index (χ4n) is 5.96. The van der Waals surface area contributed by atoms with Crippen LogP contribution in [-0.2, 0) is 0 Å². The maximum absolute atomic E-state index is 14.8. The molecule has 0 aliphatic heterocycles. The number of hydrogen-bond donors (Lipinski definition) is 0. The third-order valence-electron chi connectivity index (χ3n) is 7.53. The molecule has 4 unspecified atom stereocenters. The summed E-state index contributed by atoms with van der Waals surface area (Å²) in [6, 6.07) is 8.22. The molecule has 4 heteroatoms. The van der Waals surface area contributed by atoms with Crippen molar-refractivity contribution in [2.75, 3.05) is 0 Å². The first-order valence-electron chi connectivity index (χ1n) is 11.7. The van der Waals surface area contributed by atoms with Crippen LogP contribution in [0.5, 0.6) is 5.75 Å². The molecule has 164 valence electrons. The maximum Gasteiger partial charge on any atom is 0.387 e. The Labute approximate surface area is 178 Å². The molecule has 2 fully saturated rings. The Morgan fingerprint density at radius 2 is 1.77 bits per heavy atom. The summed E-state index contributed by atoms with van der Waals surface area (Å²) >= 11 is 0. The second-order valence-corrected chi connectivity index (χ2v) is 9.47. The average molecular weight is 419 g/mol. The summed E-state index contributed by atoms with van der Waals surface area (Å²) < 4.78 is 44.1. The van der Waals surface area contributed by atoms with Crippen LogP contribution in [0, 0.1) is 23.6 Å². The van der Waals surface area contributed by atoms with Gasteiger partial charge < -0.3 is 4.74 Å². The van der Waals surface area contributed by atoms with Crippen LogP contribution < -0.4 is 4.74 Å². The lowest BCUT2D eigenvalue weighted by Crippen LogP contribution is -2.30. The van der Waals surface area contributed by atoms with Gasteiger partial charge in [-0.05, 0) is 84.9 Å². The van der Waals surface area contributed by atoms with Gasteiger partial charge in [-0.2, -0.15) is 8.78 Å². The normalized spacial score (nSPS) is 26.7. The highest BCUT2D eigenvalue weighted by Crippen LogP contribution is 2.48. The molecule has 0 spiro atoms. The summed E-state index contributed by atoms with van der Waals surface area (Å²) in [6.45, 7) is -0.633. The molecular formula is C26H33F3O. The predicted octanol–water partition coefficient (Wildman–Crippen LogP) is 8.46. The predicted molar refractivity (Wildman–Crippen MR) is 116 cm³/mol. The van der Waals surface area contributed by atoms with E-state index in [1.54, 1.807) is 12.1 Å². The quantitative estimate of drug-likeness (QED) is 0.410. The number of halogens is 3. The molecule has 1 nitrogen and oxygen atoms in total. The van der Waals surface area contributed by atoms with E-state index < -0.39 is 6.61 Å². The molecule has 0 aromatic heterocycles. The largest absolute Gasteiger partial charge is 0.435 e. The fourth-order valence-corrected chi connectivity index (χ4v) is 5.96. The Morgan fingerprint density at radius 3 is 2.57 bits per heavy atom. The Balaban J connectivity index is 1.43. The van der Waals surface area contributed by atoms with E-state index in [2.05, 4.69) is 11.7 Å². The molecule has 2 aliphatic carbocycles. The van der Waals surface area contributed by atoms with Gasteiger partial charge >= 0.3 is 6.61 Å². The standard InChI is InChI=1S/C26H33F3O/c1-2-3-4-5-17-6-7-19-13-20(9-8-18(19)12-17)22-14-21-10-11-23(30-26(28)29)16-24(21)25(27)15-22/h10-11,14-20,26H,2-9,12-13H2,1H3. The minimum absolute atomic E-state index is 0.000328. The van der Waals surface area contributed by atoms with Gasteiger partial charge in [0.1, 0.15) is 11.6 Å². The van der Waals surface area contributed by atoms with Crippen molar-refractivity contribution in [2.24, 2.45) is 17.8 Å². The van der Waals surface area contributed by atoms with Crippen molar-refractivity contribution in [1.82, 2.24) is 0 Å². The van der Waals surface area contributed by atoms with Gasteiger partial charge in [0.05, 0.1) is 0 Å². The van der Waals surface area contributed by atoms with Crippen molar-refractivity contribution < 1.29 is 17.9 Å². The number of fused-ring (bicyclic) bond motifs is 2. The minimum atomic E-state index is -2.90. The van der Waals surface area contributed by atoms with E-state index in [1.165, 1.54) is 63.5 Å². The fraction of sp³-hybridized carbons (Fsp3) is 0.615. The van der Waals surface area contributed by atoms with E-state index in [-0.39, 0.29) is 11.6 Å². The summed E-state index contributed by atoms with van der Waals surface area (Å²) in [5, 5.41) is 1.10. The van der Waals surface area contributed by atoms with Crippen LogP contribution in [0.15, 0.2) is 30.3 Å². The molecule has 0 bridgehead atoms. The van der Waals surface area contributed by atoms with E-state index in [1.807, 2.05) is 6.07 Å².